The number of aliphatic imine (C=N–C) groups is 1. The number of nitrogens with zero attached hydrogens (tertiary/aromatic N) is 2. The summed E-state index contributed by atoms with van der Waals surface area (Å²) in [5.74, 6) is 0.886. The maximum Gasteiger partial charge on any atom is 0.191 e. The quantitative estimate of drug-likeness (QED) is 0.314. The van der Waals surface area contributed by atoms with Gasteiger partial charge < -0.3 is 15.5 Å². The third-order valence-corrected chi connectivity index (χ3v) is 3.98. The van der Waals surface area contributed by atoms with E-state index in [1.54, 1.807) is 11.3 Å². The second-order valence-electron chi connectivity index (χ2n) is 4.73. The molecular weight excluding hydrogens is 383 g/mol. The zero-order valence-electron chi connectivity index (χ0n) is 12.8. The monoisotopic (exact) mass is 410 g/mol. The zero-order valence-corrected chi connectivity index (χ0v) is 16.0. The summed E-state index contributed by atoms with van der Waals surface area (Å²) in [7, 11) is 6.04. The van der Waals surface area contributed by atoms with Crippen LogP contribution in [0.5, 0.6) is 0 Å². The lowest BCUT2D eigenvalue weighted by molar-refractivity contribution is 0.302. The molecule has 0 fully saturated rings. The largest absolute Gasteiger partial charge is 0.356 e. The number of nitrogens with one attached hydrogen (secondary N) is 2. The van der Waals surface area contributed by atoms with E-state index in [0.29, 0.717) is 6.04 Å². The van der Waals surface area contributed by atoms with E-state index in [4.69, 9.17) is 0 Å². The first-order valence-electron chi connectivity index (χ1n) is 6.83. The van der Waals surface area contributed by atoms with Crippen LogP contribution in [0.1, 0.15) is 30.7 Å². The minimum atomic E-state index is 0. The average Bonchev–Trinajstić information content (AvgIpc) is 2.90. The molecule has 1 unspecified atom stereocenters. The van der Waals surface area contributed by atoms with E-state index in [9.17, 15) is 0 Å². The van der Waals surface area contributed by atoms with Crippen molar-refractivity contribution < 1.29 is 0 Å². The van der Waals surface area contributed by atoms with Gasteiger partial charge in [-0.2, -0.15) is 0 Å². The minimum Gasteiger partial charge on any atom is -0.356 e. The molecule has 0 radical (unpaired) electrons. The number of halogens is 1. The number of likely N-dealkylation sites (N-methyl/N-ethyl adjacent to an activating group) is 1. The minimum absolute atomic E-state index is 0. The summed E-state index contributed by atoms with van der Waals surface area (Å²) in [4.78, 5) is 7.86. The Bertz CT molecular complexity index is 365. The third kappa shape index (κ3) is 6.90. The molecule has 1 rings (SSSR count). The second-order valence-corrected chi connectivity index (χ2v) is 5.71. The topological polar surface area (TPSA) is 39.7 Å². The van der Waals surface area contributed by atoms with E-state index < -0.39 is 0 Å². The summed E-state index contributed by atoms with van der Waals surface area (Å²) < 4.78 is 0. The van der Waals surface area contributed by atoms with Gasteiger partial charge in [-0.3, -0.25) is 4.99 Å². The van der Waals surface area contributed by atoms with Crippen LogP contribution in [-0.2, 0) is 0 Å². The number of unbranched alkanes of at least 4 members (excludes halogenated alkanes) is 1. The Hall–Kier alpha value is -0.340. The van der Waals surface area contributed by atoms with Gasteiger partial charge in [0.2, 0.25) is 0 Å². The van der Waals surface area contributed by atoms with Gasteiger partial charge in [0.1, 0.15) is 0 Å². The van der Waals surface area contributed by atoms with Crippen LogP contribution >= 0.6 is 35.3 Å². The van der Waals surface area contributed by atoms with Crippen LogP contribution in [-0.4, -0.2) is 45.1 Å². The molecule has 0 aliphatic rings. The van der Waals surface area contributed by atoms with Gasteiger partial charge in [0, 0.05) is 25.0 Å². The first-order valence-corrected chi connectivity index (χ1v) is 7.71. The van der Waals surface area contributed by atoms with Gasteiger partial charge in [0.25, 0.3) is 0 Å². The molecule has 0 aliphatic heterocycles. The number of hydrogen-bond acceptors (Lipinski definition) is 3. The van der Waals surface area contributed by atoms with Crippen molar-refractivity contribution in [2.45, 2.75) is 25.8 Å². The fourth-order valence-electron chi connectivity index (χ4n) is 1.82. The molecule has 2 N–H and O–H groups in total. The van der Waals surface area contributed by atoms with E-state index in [2.05, 4.69) is 59.1 Å². The Balaban J connectivity index is 0.00000361. The Morgan fingerprint density at radius 1 is 1.40 bits per heavy atom. The van der Waals surface area contributed by atoms with Gasteiger partial charge in [-0.05, 0) is 32.0 Å². The SMILES string of the molecule is CCCCNC(=NC)NCC(c1cccs1)N(C)C.I. The smallest absolute Gasteiger partial charge is 0.191 e. The molecule has 6 heteroatoms. The lowest BCUT2D eigenvalue weighted by atomic mass is 10.2. The first kappa shape index (κ1) is 19.7. The van der Waals surface area contributed by atoms with Gasteiger partial charge in [-0.15, -0.1) is 35.3 Å². The maximum absolute atomic E-state index is 4.25. The van der Waals surface area contributed by atoms with Gasteiger partial charge in [-0.25, -0.2) is 0 Å². The standard InChI is InChI=1S/C14H26N4S.HI/c1-5-6-9-16-14(15-2)17-11-12(18(3)4)13-8-7-10-19-13;/h7-8,10,12H,5-6,9,11H2,1-4H3,(H2,15,16,17);1H. The van der Waals surface area contributed by atoms with Crippen molar-refractivity contribution in [3.63, 3.8) is 0 Å². The molecule has 0 aliphatic carbocycles. The van der Waals surface area contributed by atoms with Crippen LogP contribution in [0.3, 0.4) is 0 Å². The van der Waals surface area contributed by atoms with Gasteiger partial charge in [0.15, 0.2) is 5.96 Å². The Kier molecular flexibility index (Phi) is 11.1. The molecule has 0 bridgehead atoms. The van der Waals surface area contributed by atoms with E-state index in [0.717, 1.165) is 19.0 Å². The molecule has 1 aromatic rings. The van der Waals surface area contributed by atoms with E-state index in [-0.39, 0.29) is 24.0 Å². The molecule has 20 heavy (non-hydrogen) atoms. The number of rotatable bonds is 7. The van der Waals surface area contributed by atoms with Gasteiger partial charge in [0.05, 0.1) is 6.04 Å². The highest BCUT2D eigenvalue weighted by molar-refractivity contribution is 14.0. The Labute approximate surface area is 144 Å². The fourth-order valence-corrected chi connectivity index (χ4v) is 2.74. The summed E-state index contributed by atoms with van der Waals surface area (Å²) in [6.45, 7) is 4.03. The average molecular weight is 410 g/mol. The third-order valence-electron chi connectivity index (χ3n) is 3.00. The highest BCUT2D eigenvalue weighted by Crippen LogP contribution is 2.22. The second kappa shape index (κ2) is 11.3. The lowest BCUT2D eigenvalue weighted by Gasteiger charge is -2.24. The summed E-state index contributed by atoms with van der Waals surface area (Å²) in [5, 5.41) is 8.86. The molecule has 1 heterocycles. The number of guanidine groups is 1. The van der Waals surface area contributed by atoms with Crippen LogP contribution in [0.2, 0.25) is 0 Å². The van der Waals surface area contributed by atoms with Crippen LogP contribution in [0.15, 0.2) is 22.5 Å². The van der Waals surface area contributed by atoms with Crippen molar-refractivity contribution in [3.05, 3.63) is 22.4 Å². The molecule has 0 spiro atoms. The fraction of sp³-hybridized carbons (Fsp3) is 0.643. The van der Waals surface area contributed by atoms with Crippen molar-refractivity contribution >= 4 is 41.3 Å². The van der Waals surface area contributed by atoms with Gasteiger partial charge >= 0.3 is 0 Å². The van der Waals surface area contributed by atoms with Crippen molar-refractivity contribution in [1.29, 1.82) is 0 Å². The van der Waals surface area contributed by atoms with Crippen molar-refractivity contribution in [2.75, 3.05) is 34.2 Å². The van der Waals surface area contributed by atoms with Crippen molar-refractivity contribution in [2.24, 2.45) is 4.99 Å². The zero-order chi connectivity index (χ0) is 14.1. The first-order chi connectivity index (χ1) is 9.19. The highest BCUT2D eigenvalue weighted by Gasteiger charge is 2.15. The van der Waals surface area contributed by atoms with Crippen LogP contribution < -0.4 is 10.6 Å². The van der Waals surface area contributed by atoms with Crippen LogP contribution in [0.4, 0.5) is 0 Å². The number of hydrogen-bond donors (Lipinski definition) is 2. The van der Waals surface area contributed by atoms with Crippen LogP contribution in [0.25, 0.3) is 0 Å². The molecule has 0 aromatic carbocycles. The van der Waals surface area contributed by atoms with Crippen molar-refractivity contribution in [3.8, 4) is 0 Å². The molecular formula is C14H27IN4S. The summed E-state index contributed by atoms with van der Waals surface area (Å²) in [5.41, 5.74) is 0. The molecule has 116 valence electrons. The van der Waals surface area contributed by atoms with E-state index in [1.165, 1.54) is 17.7 Å². The summed E-state index contributed by atoms with van der Waals surface area (Å²) >= 11 is 1.80. The lowest BCUT2D eigenvalue weighted by Crippen LogP contribution is -2.41. The van der Waals surface area contributed by atoms with E-state index in [1.807, 2.05) is 7.05 Å². The highest BCUT2D eigenvalue weighted by atomic mass is 127. The van der Waals surface area contributed by atoms with Crippen LogP contribution in [0, 0.1) is 0 Å². The summed E-state index contributed by atoms with van der Waals surface area (Å²) in [6, 6.07) is 4.67. The molecule has 4 nitrogen and oxygen atoms in total. The Morgan fingerprint density at radius 3 is 2.65 bits per heavy atom. The predicted octanol–water partition coefficient (Wildman–Crippen LogP) is 2.93. The Morgan fingerprint density at radius 2 is 2.15 bits per heavy atom. The van der Waals surface area contributed by atoms with Crippen molar-refractivity contribution in [1.82, 2.24) is 15.5 Å². The maximum atomic E-state index is 4.25. The normalized spacial score (nSPS) is 12.9. The molecule has 0 saturated carbocycles. The molecule has 0 saturated heterocycles. The number of thiophene rings is 1. The van der Waals surface area contributed by atoms with Gasteiger partial charge in [-0.1, -0.05) is 19.4 Å². The molecule has 1 aromatic heterocycles. The molecule has 0 amide bonds. The summed E-state index contributed by atoms with van der Waals surface area (Å²) in [6.07, 6.45) is 2.36. The predicted molar refractivity (Wildman–Crippen MR) is 100 cm³/mol. The van der Waals surface area contributed by atoms with E-state index >= 15 is 0 Å². The molecule has 1 atom stereocenters.